The lowest BCUT2D eigenvalue weighted by molar-refractivity contribution is -0.133. The van der Waals surface area contributed by atoms with Crippen LogP contribution >= 0.6 is 0 Å². The molecule has 2 aliphatic heterocycles. The van der Waals surface area contributed by atoms with Gasteiger partial charge in [-0.15, -0.1) is 0 Å². The minimum absolute atomic E-state index is 0.0327. The molecule has 2 saturated heterocycles. The van der Waals surface area contributed by atoms with Gasteiger partial charge >= 0.3 is 6.03 Å². The summed E-state index contributed by atoms with van der Waals surface area (Å²) >= 11 is 0. The molecule has 1 spiro atoms. The molecule has 8 heteroatoms. The molecule has 0 aromatic rings. The van der Waals surface area contributed by atoms with Crippen LogP contribution in [0.3, 0.4) is 0 Å². The van der Waals surface area contributed by atoms with Crippen molar-refractivity contribution >= 4 is 17.8 Å². The largest absolute Gasteiger partial charge is 0.350 e. The Kier molecular flexibility index (Phi) is 6.29. The molecule has 4 amide bonds. The molecule has 0 aromatic carbocycles. The molecule has 2 N–H and O–H groups in total. The molecule has 0 bridgehead atoms. The summed E-state index contributed by atoms with van der Waals surface area (Å²) in [4.78, 5) is 43.3. The fraction of sp³-hybridized carbons (Fsp3) is 0.850. The first-order valence-corrected chi connectivity index (χ1v) is 10.6. The second-order valence-corrected chi connectivity index (χ2v) is 9.49. The second kappa shape index (κ2) is 8.37. The SMILES string of the molecule is CC(C)(C)NC(=O)CN1CCN(CN2C(=O)NC3(CCCCCC3)C2=O)CC1. The van der Waals surface area contributed by atoms with Crippen LogP contribution in [0.2, 0.25) is 0 Å². The van der Waals surface area contributed by atoms with E-state index in [9.17, 15) is 14.4 Å². The minimum Gasteiger partial charge on any atom is -0.350 e. The number of amides is 4. The van der Waals surface area contributed by atoms with E-state index in [1.807, 2.05) is 20.8 Å². The van der Waals surface area contributed by atoms with Crippen molar-refractivity contribution in [1.82, 2.24) is 25.3 Å². The van der Waals surface area contributed by atoms with Gasteiger partial charge in [-0.05, 0) is 33.6 Å². The summed E-state index contributed by atoms with van der Waals surface area (Å²) in [5, 5.41) is 5.99. The molecule has 1 aliphatic carbocycles. The quantitative estimate of drug-likeness (QED) is 0.699. The van der Waals surface area contributed by atoms with Gasteiger partial charge in [-0.3, -0.25) is 19.4 Å². The number of imide groups is 1. The lowest BCUT2D eigenvalue weighted by Crippen LogP contribution is -2.54. The van der Waals surface area contributed by atoms with Crippen LogP contribution in [-0.2, 0) is 9.59 Å². The number of hydrogen-bond acceptors (Lipinski definition) is 5. The van der Waals surface area contributed by atoms with Crippen LogP contribution in [0, 0.1) is 0 Å². The highest BCUT2D eigenvalue weighted by atomic mass is 16.2. The van der Waals surface area contributed by atoms with E-state index < -0.39 is 5.54 Å². The third-order valence-electron chi connectivity index (χ3n) is 5.89. The van der Waals surface area contributed by atoms with Crippen molar-refractivity contribution in [3.8, 4) is 0 Å². The number of carbonyl (C=O) groups is 3. The Morgan fingerprint density at radius 2 is 1.57 bits per heavy atom. The van der Waals surface area contributed by atoms with Crippen LogP contribution in [0.4, 0.5) is 4.79 Å². The van der Waals surface area contributed by atoms with Gasteiger partial charge in [0.05, 0.1) is 13.2 Å². The second-order valence-electron chi connectivity index (χ2n) is 9.49. The third-order valence-corrected chi connectivity index (χ3v) is 5.89. The van der Waals surface area contributed by atoms with Gasteiger partial charge in [0.1, 0.15) is 5.54 Å². The Labute approximate surface area is 168 Å². The summed E-state index contributed by atoms with van der Waals surface area (Å²) in [6.07, 6.45) is 5.77. The monoisotopic (exact) mass is 393 g/mol. The van der Waals surface area contributed by atoms with Crippen LogP contribution in [0.5, 0.6) is 0 Å². The van der Waals surface area contributed by atoms with E-state index in [1.165, 1.54) is 4.90 Å². The van der Waals surface area contributed by atoms with Crippen LogP contribution in [0.1, 0.15) is 59.3 Å². The van der Waals surface area contributed by atoms with Crippen LogP contribution in [-0.4, -0.2) is 83.0 Å². The van der Waals surface area contributed by atoms with Gasteiger partial charge in [-0.1, -0.05) is 25.7 Å². The smallest absolute Gasteiger partial charge is 0.326 e. The molecule has 0 atom stereocenters. The van der Waals surface area contributed by atoms with E-state index in [0.29, 0.717) is 13.2 Å². The summed E-state index contributed by atoms with van der Waals surface area (Å²) in [6, 6.07) is -0.251. The van der Waals surface area contributed by atoms with E-state index >= 15 is 0 Å². The molecule has 0 aromatic heterocycles. The first kappa shape index (κ1) is 21.0. The Morgan fingerprint density at radius 3 is 2.14 bits per heavy atom. The van der Waals surface area contributed by atoms with Crippen molar-refractivity contribution in [1.29, 1.82) is 0 Å². The van der Waals surface area contributed by atoms with Crippen LogP contribution < -0.4 is 10.6 Å². The first-order chi connectivity index (χ1) is 13.2. The molecule has 3 fully saturated rings. The summed E-state index contributed by atoms with van der Waals surface area (Å²) in [6.45, 7) is 9.65. The molecule has 158 valence electrons. The molecule has 8 nitrogen and oxygen atoms in total. The molecule has 0 radical (unpaired) electrons. The third kappa shape index (κ3) is 5.03. The minimum atomic E-state index is -0.666. The van der Waals surface area contributed by atoms with Gasteiger partial charge in [0.15, 0.2) is 0 Å². The summed E-state index contributed by atoms with van der Waals surface area (Å²) < 4.78 is 0. The molecule has 3 aliphatic rings. The number of hydrogen-bond donors (Lipinski definition) is 2. The molecule has 0 unspecified atom stereocenters. The van der Waals surface area contributed by atoms with E-state index in [0.717, 1.165) is 64.7 Å². The lowest BCUT2D eigenvalue weighted by Gasteiger charge is -2.36. The zero-order chi connectivity index (χ0) is 20.4. The predicted molar refractivity (Wildman–Crippen MR) is 107 cm³/mol. The Bertz CT molecular complexity index is 599. The van der Waals surface area contributed by atoms with Gasteiger partial charge in [0, 0.05) is 31.7 Å². The van der Waals surface area contributed by atoms with E-state index in [2.05, 4.69) is 20.4 Å². The van der Waals surface area contributed by atoms with Crippen LogP contribution in [0.15, 0.2) is 0 Å². The maximum Gasteiger partial charge on any atom is 0.326 e. The highest BCUT2D eigenvalue weighted by molar-refractivity contribution is 6.07. The van der Waals surface area contributed by atoms with Crippen molar-refractivity contribution in [2.24, 2.45) is 0 Å². The van der Waals surface area contributed by atoms with E-state index in [4.69, 9.17) is 0 Å². The standard InChI is InChI=1S/C20H35N5O3/c1-19(2,3)21-16(26)14-23-10-12-24(13-11-23)15-25-17(27)20(22-18(25)28)8-6-4-5-7-9-20/h4-15H2,1-3H3,(H,21,26)(H,22,28). The van der Waals surface area contributed by atoms with Crippen molar-refractivity contribution in [2.45, 2.75) is 70.4 Å². The van der Waals surface area contributed by atoms with Gasteiger partial charge in [0.2, 0.25) is 5.91 Å². The number of nitrogens with zero attached hydrogens (tertiary/aromatic N) is 3. The number of nitrogens with one attached hydrogen (secondary N) is 2. The predicted octanol–water partition coefficient (Wildman–Crippen LogP) is 1.12. The number of urea groups is 1. The van der Waals surface area contributed by atoms with E-state index in [1.54, 1.807) is 0 Å². The zero-order valence-corrected chi connectivity index (χ0v) is 17.6. The summed E-state index contributed by atoms with van der Waals surface area (Å²) in [5.41, 5.74) is -0.892. The number of rotatable bonds is 4. The lowest BCUT2D eigenvalue weighted by atomic mass is 9.90. The molecular weight excluding hydrogens is 358 g/mol. The molecule has 28 heavy (non-hydrogen) atoms. The first-order valence-electron chi connectivity index (χ1n) is 10.6. The van der Waals surface area contributed by atoms with E-state index in [-0.39, 0.29) is 23.4 Å². The Balaban J connectivity index is 1.49. The maximum atomic E-state index is 13.0. The van der Waals surface area contributed by atoms with Crippen molar-refractivity contribution in [3.63, 3.8) is 0 Å². The summed E-state index contributed by atoms with van der Waals surface area (Å²) in [7, 11) is 0. The molecular formula is C20H35N5O3. The number of carbonyl (C=O) groups excluding carboxylic acids is 3. The Morgan fingerprint density at radius 1 is 1.00 bits per heavy atom. The van der Waals surface area contributed by atoms with Crippen molar-refractivity contribution in [3.05, 3.63) is 0 Å². The average molecular weight is 394 g/mol. The van der Waals surface area contributed by atoms with Crippen LogP contribution in [0.25, 0.3) is 0 Å². The van der Waals surface area contributed by atoms with Gasteiger partial charge in [0.25, 0.3) is 5.91 Å². The van der Waals surface area contributed by atoms with Gasteiger partial charge < -0.3 is 10.6 Å². The zero-order valence-electron chi connectivity index (χ0n) is 17.6. The van der Waals surface area contributed by atoms with Gasteiger partial charge in [-0.2, -0.15) is 0 Å². The van der Waals surface area contributed by atoms with Crippen molar-refractivity contribution < 1.29 is 14.4 Å². The molecule has 1 saturated carbocycles. The highest BCUT2D eigenvalue weighted by Crippen LogP contribution is 2.32. The topological polar surface area (TPSA) is 85.0 Å². The summed E-state index contributed by atoms with van der Waals surface area (Å²) in [5.74, 6) is -0.0169. The van der Waals surface area contributed by atoms with Crippen molar-refractivity contribution in [2.75, 3.05) is 39.4 Å². The highest BCUT2D eigenvalue weighted by Gasteiger charge is 2.51. The maximum absolute atomic E-state index is 13.0. The average Bonchev–Trinajstić information content (AvgIpc) is 2.77. The molecule has 2 heterocycles. The fourth-order valence-corrected chi connectivity index (χ4v) is 4.43. The van der Waals surface area contributed by atoms with Gasteiger partial charge in [-0.25, -0.2) is 9.69 Å². The molecule has 3 rings (SSSR count). The Hall–Kier alpha value is -1.67. The fourth-order valence-electron chi connectivity index (χ4n) is 4.43. The number of piperazine rings is 1. The normalized spacial score (nSPS) is 24.3.